The largest absolute Gasteiger partial charge is 0.321 e. The molecule has 7 nitrogen and oxygen atoms in total. The van der Waals surface area contributed by atoms with Gasteiger partial charge in [0.2, 0.25) is 11.8 Å². The maximum atomic E-state index is 11.7. The first kappa shape index (κ1) is 15.0. The van der Waals surface area contributed by atoms with Gasteiger partial charge in [0.25, 0.3) is 5.69 Å². The van der Waals surface area contributed by atoms with Gasteiger partial charge in [0, 0.05) is 31.9 Å². The van der Waals surface area contributed by atoms with Crippen LogP contribution in [0.1, 0.15) is 33.3 Å². The second-order valence-corrected chi connectivity index (χ2v) is 5.81. The van der Waals surface area contributed by atoms with Crippen LogP contribution >= 0.6 is 0 Å². The Labute approximate surface area is 122 Å². The van der Waals surface area contributed by atoms with E-state index in [-0.39, 0.29) is 28.6 Å². The Balaban J connectivity index is 2.67. The summed E-state index contributed by atoms with van der Waals surface area (Å²) in [6.45, 7) is 7.09. The van der Waals surface area contributed by atoms with E-state index in [2.05, 4.69) is 5.32 Å². The molecule has 2 amide bonds. The van der Waals surface area contributed by atoms with E-state index in [4.69, 9.17) is 0 Å². The van der Waals surface area contributed by atoms with Crippen molar-refractivity contribution in [3.8, 4) is 0 Å². The summed E-state index contributed by atoms with van der Waals surface area (Å²) >= 11 is 0. The zero-order chi connectivity index (χ0) is 15.9. The molecule has 1 aromatic rings. The van der Waals surface area contributed by atoms with Crippen LogP contribution in [0.2, 0.25) is 0 Å². The fourth-order valence-electron chi connectivity index (χ4n) is 2.63. The summed E-state index contributed by atoms with van der Waals surface area (Å²) in [6.07, 6.45) is 0. The van der Waals surface area contributed by atoms with E-state index in [0.29, 0.717) is 12.2 Å². The van der Waals surface area contributed by atoms with E-state index < -0.39 is 4.92 Å². The van der Waals surface area contributed by atoms with Crippen molar-refractivity contribution in [1.82, 2.24) is 0 Å². The molecule has 0 atom stereocenters. The van der Waals surface area contributed by atoms with Gasteiger partial charge in [-0.25, -0.2) is 0 Å². The zero-order valence-corrected chi connectivity index (χ0v) is 12.4. The minimum atomic E-state index is -0.560. The van der Waals surface area contributed by atoms with Gasteiger partial charge in [0.05, 0.1) is 10.6 Å². The molecule has 21 heavy (non-hydrogen) atoms. The van der Waals surface area contributed by atoms with Gasteiger partial charge in [-0.15, -0.1) is 0 Å². The highest BCUT2D eigenvalue weighted by Gasteiger charge is 2.39. The Bertz CT molecular complexity index is 652. The van der Waals surface area contributed by atoms with Crippen LogP contribution in [-0.2, 0) is 15.0 Å². The van der Waals surface area contributed by atoms with Gasteiger partial charge in [-0.05, 0) is 11.6 Å². The number of carbonyl (C=O) groups is 2. The van der Waals surface area contributed by atoms with Crippen LogP contribution in [0.5, 0.6) is 0 Å². The summed E-state index contributed by atoms with van der Waals surface area (Å²) in [5, 5.41) is 13.7. The average molecular weight is 291 g/mol. The smallest absolute Gasteiger partial charge is 0.294 e. The number of hydrogen-bond donors (Lipinski definition) is 1. The van der Waals surface area contributed by atoms with Crippen LogP contribution < -0.4 is 10.2 Å². The third kappa shape index (κ3) is 2.58. The number of nitro groups is 1. The number of benzene rings is 1. The monoisotopic (exact) mass is 291 g/mol. The van der Waals surface area contributed by atoms with Gasteiger partial charge in [-0.2, -0.15) is 0 Å². The van der Waals surface area contributed by atoms with Crippen LogP contribution in [-0.4, -0.2) is 23.3 Å². The summed E-state index contributed by atoms with van der Waals surface area (Å²) in [5.41, 5.74) is 0.960. The van der Waals surface area contributed by atoms with Crippen molar-refractivity contribution in [2.45, 2.75) is 33.1 Å². The number of carbonyl (C=O) groups excluding carboxylic acids is 2. The lowest BCUT2D eigenvalue weighted by Gasteiger charge is -2.19. The van der Waals surface area contributed by atoms with Gasteiger partial charge in [-0.3, -0.25) is 19.7 Å². The molecule has 1 heterocycles. The van der Waals surface area contributed by atoms with Crippen LogP contribution in [0.4, 0.5) is 17.1 Å². The SMILES string of the molecule is CC(=O)Nc1cc2c(cc1[N+](=O)[O-])N(C(C)=O)CC2(C)C. The van der Waals surface area contributed by atoms with E-state index in [9.17, 15) is 19.7 Å². The molecule has 1 N–H and O–H groups in total. The molecule has 0 fully saturated rings. The van der Waals surface area contributed by atoms with Crippen molar-refractivity contribution in [3.05, 3.63) is 27.8 Å². The molecule has 0 bridgehead atoms. The highest BCUT2D eigenvalue weighted by atomic mass is 16.6. The number of nitro benzene ring substituents is 1. The molecule has 2 rings (SSSR count). The fourth-order valence-corrected chi connectivity index (χ4v) is 2.63. The molecule has 7 heteroatoms. The van der Waals surface area contributed by atoms with E-state index in [1.165, 1.54) is 24.8 Å². The number of fused-ring (bicyclic) bond motifs is 1. The van der Waals surface area contributed by atoms with Crippen molar-refractivity contribution >= 4 is 28.9 Å². The molecule has 1 aliphatic rings. The predicted octanol–water partition coefficient (Wildman–Crippen LogP) is 2.20. The van der Waals surface area contributed by atoms with Crippen LogP contribution in [0.3, 0.4) is 0 Å². The molecule has 0 aliphatic carbocycles. The van der Waals surface area contributed by atoms with Gasteiger partial charge in [-0.1, -0.05) is 13.8 Å². The molecular weight excluding hydrogens is 274 g/mol. The molecule has 0 aromatic heterocycles. The molecular formula is C14H17N3O4. The predicted molar refractivity (Wildman–Crippen MR) is 78.5 cm³/mol. The lowest BCUT2D eigenvalue weighted by atomic mass is 9.86. The second-order valence-electron chi connectivity index (χ2n) is 5.81. The molecule has 0 saturated carbocycles. The quantitative estimate of drug-likeness (QED) is 0.667. The summed E-state index contributed by atoms with van der Waals surface area (Å²) < 4.78 is 0. The summed E-state index contributed by atoms with van der Waals surface area (Å²) in [5.74, 6) is -0.541. The van der Waals surface area contributed by atoms with Crippen LogP contribution in [0.25, 0.3) is 0 Å². The van der Waals surface area contributed by atoms with Gasteiger partial charge < -0.3 is 10.2 Å². The molecule has 0 spiro atoms. The standard InChI is InChI=1S/C14H17N3O4/c1-8(18)15-11-5-10-12(6-13(11)17(20)21)16(9(2)19)7-14(10,3)4/h5-6H,7H2,1-4H3,(H,15,18). The number of rotatable bonds is 2. The van der Waals surface area contributed by atoms with E-state index >= 15 is 0 Å². The lowest BCUT2D eigenvalue weighted by Crippen LogP contribution is -2.31. The van der Waals surface area contributed by atoms with Crippen molar-refractivity contribution in [3.63, 3.8) is 0 Å². The van der Waals surface area contributed by atoms with Crippen molar-refractivity contribution in [1.29, 1.82) is 0 Å². The number of nitrogens with zero attached hydrogens (tertiary/aromatic N) is 2. The molecule has 1 aliphatic heterocycles. The molecule has 0 unspecified atom stereocenters. The number of nitrogens with one attached hydrogen (secondary N) is 1. The van der Waals surface area contributed by atoms with Crippen molar-refractivity contribution in [2.24, 2.45) is 0 Å². The first-order valence-corrected chi connectivity index (χ1v) is 6.52. The maximum Gasteiger partial charge on any atom is 0.294 e. The minimum absolute atomic E-state index is 0.157. The van der Waals surface area contributed by atoms with Crippen LogP contribution in [0.15, 0.2) is 12.1 Å². The highest BCUT2D eigenvalue weighted by Crippen LogP contribution is 2.45. The number of hydrogen-bond acceptors (Lipinski definition) is 4. The Hall–Kier alpha value is -2.44. The molecule has 1 aromatic carbocycles. The zero-order valence-electron chi connectivity index (χ0n) is 12.4. The first-order valence-electron chi connectivity index (χ1n) is 6.52. The van der Waals surface area contributed by atoms with Crippen molar-refractivity contribution < 1.29 is 14.5 Å². The lowest BCUT2D eigenvalue weighted by molar-refractivity contribution is -0.383. The van der Waals surface area contributed by atoms with E-state index in [1.54, 1.807) is 6.07 Å². The summed E-state index contributed by atoms with van der Waals surface area (Å²) in [7, 11) is 0. The fraction of sp³-hybridized carbons (Fsp3) is 0.429. The third-order valence-corrected chi connectivity index (χ3v) is 3.57. The van der Waals surface area contributed by atoms with E-state index in [1.807, 2.05) is 13.8 Å². The third-order valence-electron chi connectivity index (χ3n) is 3.57. The Morgan fingerprint density at radius 2 is 1.95 bits per heavy atom. The van der Waals surface area contributed by atoms with Gasteiger partial charge >= 0.3 is 0 Å². The van der Waals surface area contributed by atoms with Crippen molar-refractivity contribution in [2.75, 3.05) is 16.8 Å². The second kappa shape index (κ2) is 4.83. The summed E-state index contributed by atoms with van der Waals surface area (Å²) in [4.78, 5) is 35.1. The Morgan fingerprint density at radius 3 is 2.43 bits per heavy atom. The van der Waals surface area contributed by atoms with Gasteiger partial charge in [0.1, 0.15) is 5.69 Å². The summed E-state index contributed by atoms with van der Waals surface area (Å²) in [6, 6.07) is 2.95. The Kier molecular flexibility index (Phi) is 3.44. The molecule has 112 valence electrons. The minimum Gasteiger partial charge on any atom is -0.321 e. The molecule has 0 radical (unpaired) electrons. The average Bonchev–Trinajstić information content (AvgIpc) is 2.59. The Morgan fingerprint density at radius 1 is 1.33 bits per heavy atom. The molecule has 0 saturated heterocycles. The van der Waals surface area contributed by atoms with Gasteiger partial charge in [0.15, 0.2) is 0 Å². The first-order chi connectivity index (χ1) is 9.63. The van der Waals surface area contributed by atoms with Crippen LogP contribution in [0, 0.1) is 10.1 Å². The number of anilines is 2. The normalized spacial score (nSPS) is 15.5. The topological polar surface area (TPSA) is 92.5 Å². The van der Waals surface area contributed by atoms with E-state index in [0.717, 1.165) is 5.56 Å². The number of amides is 2. The highest BCUT2D eigenvalue weighted by molar-refractivity contribution is 5.98. The maximum absolute atomic E-state index is 11.7.